The zero-order valence-electron chi connectivity index (χ0n) is 19.0. The second-order valence-electron chi connectivity index (χ2n) is 8.21. The first-order chi connectivity index (χ1) is 14.5. The summed E-state index contributed by atoms with van der Waals surface area (Å²) in [7, 11) is 5.92. The van der Waals surface area contributed by atoms with Crippen LogP contribution in [0.4, 0.5) is 0 Å². The topological polar surface area (TPSA) is 57.9 Å². The molecule has 164 valence electrons. The summed E-state index contributed by atoms with van der Waals surface area (Å²) >= 11 is 0. The highest BCUT2D eigenvalue weighted by atomic mass is 16.5. The van der Waals surface area contributed by atoms with Crippen LogP contribution < -0.4 is 10.1 Å². The Morgan fingerprint density at radius 1 is 1.37 bits per heavy atom. The van der Waals surface area contributed by atoms with Crippen molar-refractivity contribution in [3.05, 3.63) is 48.5 Å². The van der Waals surface area contributed by atoms with E-state index in [9.17, 15) is 0 Å². The van der Waals surface area contributed by atoms with Crippen LogP contribution in [0.5, 0.6) is 5.75 Å². The zero-order chi connectivity index (χ0) is 21.5. The van der Waals surface area contributed by atoms with E-state index in [1.54, 1.807) is 7.11 Å². The van der Waals surface area contributed by atoms with Crippen LogP contribution in [0.15, 0.2) is 48.0 Å². The average molecular weight is 413 g/mol. The summed E-state index contributed by atoms with van der Waals surface area (Å²) in [6, 6.07) is 8.76. The second kappa shape index (κ2) is 10.5. The number of aliphatic imine (C=N–C) groups is 1. The molecule has 0 saturated carbocycles. The highest BCUT2D eigenvalue weighted by Gasteiger charge is 2.29. The van der Waals surface area contributed by atoms with Crippen molar-refractivity contribution in [3.8, 4) is 5.75 Å². The minimum atomic E-state index is 0.142. The first kappa shape index (κ1) is 22.2. The number of guanidine groups is 1. The van der Waals surface area contributed by atoms with Gasteiger partial charge >= 0.3 is 0 Å². The van der Waals surface area contributed by atoms with Crippen molar-refractivity contribution in [1.82, 2.24) is 24.7 Å². The SMILES string of the molecule is CCNC(=NCC(c1ccccc1OC)N(C)C)N1CCC(C)C(n2ccnc2)C1. The number of likely N-dealkylation sites (N-methyl/N-ethyl adjacent to an activating group) is 1. The highest BCUT2D eigenvalue weighted by molar-refractivity contribution is 5.80. The van der Waals surface area contributed by atoms with Gasteiger partial charge in [0.05, 0.1) is 32.1 Å². The van der Waals surface area contributed by atoms with Gasteiger partial charge < -0.3 is 24.4 Å². The van der Waals surface area contributed by atoms with Crippen LogP contribution in [-0.2, 0) is 0 Å². The fourth-order valence-corrected chi connectivity index (χ4v) is 4.18. The summed E-state index contributed by atoms with van der Waals surface area (Å²) in [5.74, 6) is 2.50. The molecule has 1 aromatic heterocycles. The molecule has 3 rings (SSSR count). The first-order valence-corrected chi connectivity index (χ1v) is 10.8. The molecule has 2 heterocycles. The van der Waals surface area contributed by atoms with Gasteiger partial charge in [0, 0.05) is 37.6 Å². The molecular weight excluding hydrogens is 376 g/mol. The van der Waals surface area contributed by atoms with Crippen molar-refractivity contribution in [2.75, 3.05) is 47.4 Å². The predicted molar refractivity (Wildman–Crippen MR) is 122 cm³/mol. The molecule has 3 unspecified atom stereocenters. The number of nitrogens with zero attached hydrogens (tertiary/aromatic N) is 5. The van der Waals surface area contributed by atoms with Crippen LogP contribution in [0.25, 0.3) is 0 Å². The lowest BCUT2D eigenvalue weighted by Gasteiger charge is -2.39. The van der Waals surface area contributed by atoms with Gasteiger partial charge in [-0.25, -0.2) is 4.98 Å². The molecule has 0 spiro atoms. The van der Waals surface area contributed by atoms with Gasteiger partial charge in [0.15, 0.2) is 5.96 Å². The smallest absolute Gasteiger partial charge is 0.194 e. The second-order valence-corrected chi connectivity index (χ2v) is 8.21. The highest BCUT2D eigenvalue weighted by Crippen LogP contribution is 2.29. The number of para-hydroxylation sites is 1. The summed E-state index contributed by atoms with van der Waals surface area (Å²) < 4.78 is 7.84. The monoisotopic (exact) mass is 412 g/mol. The predicted octanol–water partition coefficient (Wildman–Crippen LogP) is 3.04. The zero-order valence-corrected chi connectivity index (χ0v) is 19.0. The van der Waals surface area contributed by atoms with Gasteiger partial charge in [0.25, 0.3) is 0 Å². The standard InChI is InChI=1S/C23H36N6O/c1-6-25-23(28-13-11-18(2)21(16-28)29-14-12-24-17-29)26-15-20(27(3)4)19-9-7-8-10-22(19)30-5/h7-10,12,14,17-18,20-21H,6,11,13,15-16H2,1-5H3,(H,25,26). The molecule has 2 aromatic rings. The molecule has 0 amide bonds. The summed E-state index contributed by atoms with van der Waals surface area (Å²) in [5.41, 5.74) is 1.16. The van der Waals surface area contributed by atoms with E-state index in [1.807, 2.05) is 24.7 Å². The molecule has 1 aromatic carbocycles. The number of imidazole rings is 1. The van der Waals surface area contributed by atoms with Crippen LogP contribution in [0.2, 0.25) is 0 Å². The molecule has 1 N–H and O–H groups in total. The number of rotatable bonds is 7. The summed E-state index contributed by atoms with van der Waals surface area (Å²) in [6.45, 7) is 7.92. The van der Waals surface area contributed by atoms with Gasteiger partial charge in [-0.2, -0.15) is 0 Å². The van der Waals surface area contributed by atoms with E-state index in [4.69, 9.17) is 9.73 Å². The van der Waals surface area contributed by atoms with Crippen LogP contribution in [-0.4, -0.2) is 72.7 Å². The Morgan fingerprint density at radius 2 is 2.17 bits per heavy atom. The number of nitrogens with one attached hydrogen (secondary N) is 1. The first-order valence-electron chi connectivity index (χ1n) is 10.8. The van der Waals surface area contributed by atoms with Crippen LogP contribution in [0.3, 0.4) is 0 Å². The van der Waals surface area contributed by atoms with Gasteiger partial charge in [-0.3, -0.25) is 4.99 Å². The third-order valence-corrected chi connectivity index (χ3v) is 6.00. The number of hydrogen-bond acceptors (Lipinski definition) is 4. The Hall–Kier alpha value is -2.54. The number of ether oxygens (including phenoxy) is 1. The summed E-state index contributed by atoms with van der Waals surface area (Å²) in [6.07, 6.45) is 6.99. The van der Waals surface area contributed by atoms with Gasteiger partial charge in [0.2, 0.25) is 0 Å². The minimum Gasteiger partial charge on any atom is -0.496 e. The van der Waals surface area contributed by atoms with E-state index in [0.717, 1.165) is 43.3 Å². The molecule has 1 saturated heterocycles. The maximum Gasteiger partial charge on any atom is 0.194 e. The summed E-state index contributed by atoms with van der Waals surface area (Å²) in [4.78, 5) is 13.9. The molecule has 3 atom stereocenters. The Balaban J connectivity index is 1.80. The summed E-state index contributed by atoms with van der Waals surface area (Å²) in [5, 5.41) is 3.51. The van der Waals surface area contributed by atoms with Crippen molar-refractivity contribution in [3.63, 3.8) is 0 Å². The van der Waals surface area contributed by atoms with E-state index in [0.29, 0.717) is 18.5 Å². The van der Waals surface area contributed by atoms with Crippen LogP contribution in [0, 0.1) is 5.92 Å². The molecule has 0 bridgehead atoms. The normalized spacial score (nSPS) is 21.0. The van der Waals surface area contributed by atoms with Gasteiger partial charge in [-0.15, -0.1) is 0 Å². The third-order valence-electron chi connectivity index (χ3n) is 6.00. The lowest BCUT2D eigenvalue weighted by molar-refractivity contribution is 0.188. The molecule has 1 aliphatic rings. The van der Waals surface area contributed by atoms with Crippen molar-refractivity contribution in [2.24, 2.45) is 10.9 Å². The van der Waals surface area contributed by atoms with Crippen LogP contribution in [0.1, 0.15) is 37.9 Å². The van der Waals surface area contributed by atoms with Crippen molar-refractivity contribution >= 4 is 5.96 Å². The molecule has 1 aliphatic heterocycles. The Morgan fingerprint density at radius 3 is 2.83 bits per heavy atom. The van der Waals surface area contributed by atoms with Crippen molar-refractivity contribution < 1.29 is 4.74 Å². The number of hydrogen-bond donors (Lipinski definition) is 1. The average Bonchev–Trinajstić information content (AvgIpc) is 3.28. The van der Waals surface area contributed by atoms with E-state index in [2.05, 4.69) is 70.9 Å². The van der Waals surface area contributed by atoms with Crippen molar-refractivity contribution in [2.45, 2.75) is 32.4 Å². The number of methoxy groups -OCH3 is 1. The molecule has 7 heteroatoms. The fourth-order valence-electron chi connectivity index (χ4n) is 4.18. The maximum atomic E-state index is 5.60. The van der Waals surface area contributed by atoms with Gasteiger partial charge in [-0.1, -0.05) is 25.1 Å². The number of aromatic nitrogens is 2. The molecule has 0 radical (unpaired) electrons. The number of benzene rings is 1. The maximum absolute atomic E-state index is 5.60. The van der Waals surface area contributed by atoms with Crippen molar-refractivity contribution in [1.29, 1.82) is 0 Å². The minimum absolute atomic E-state index is 0.142. The molecule has 0 aliphatic carbocycles. The lowest BCUT2D eigenvalue weighted by Crippen LogP contribution is -2.49. The van der Waals surface area contributed by atoms with E-state index in [1.165, 1.54) is 0 Å². The van der Waals surface area contributed by atoms with Gasteiger partial charge in [-0.05, 0) is 39.4 Å². The van der Waals surface area contributed by atoms with E-state index < -0.39 is 0 Å². The van der Waals surface area contributed by atoms with E-state index in [-0.39, 0.29) is 6.04 Å². The van der Waals surface area contributed by atoms with Gasteiger partial charge in [0.1, 0.15) is 5.75 Å². The van der Waals surface area contributed by atoms with Crippen LogP contribution >= 0.6 is 0 Å². The fraction of sp³-hybridized carbons (Fsp3) is 0.565. The molecule has 1 fully saturated rings. The number of piperidine rings is 1. The Bertz CT molecular complexity index is 804. The lowest BCUT2D eigenvalue weighted by atomic mass is 9.93. The van der Waals surface area contributed by atoms with E-state index >= 15 is 0 Å². The number of likely N-dealkylation sites (tertiary alicyclic amines) is 1. The molecular formula is C23H36N6O. The Kier molecular flexibility index (Phi) is 7.74. The largest absolute Gasteiger partial charge is 0.496 e. The third kappa shape index (κ3) is 5.14. The Labute approximate surface area is 180 Å². The quantitative estimate of drug-likeness (QED) is 0.560. The molecule has 7 nitrogen and oxygen atoms in total. The molecule has 30 heavy (non-hydrogen) atoms.